The minimum absolute atomic E-state index is 0.0534. The van der Waals surface area contributed by atoms with Gasteiger partial charge in [-0.25, -0.2) is 0 Å². The third kappa shape index (κ3) is 6.44. The number of ether oxygens (including phenoxy) is 3. The zero-order valence-electron chi connectivity index (χ0n) is 16.0. The van der Waals surface area contributed by atoms with Crippen molar-refractivity contribution in [2.45, 2.75) is 95.9 Å². The Morgan fingerprint density at radius 2 is 0.889 bits per heavy atom. The third-order valence-electron chi connectivity index (χ3n) is 4.19. The molecule has 1 rings (SSSR count). The maximum Gasteiger partial charge on any atom is 0.306 e. The van der Waals surface area contributed by atoms with Crippen LogP contribution in [0, 0.1) is 0 Å². The first-order chi connectivity index (χ1) is 12.8. The zero-order valence-corrected chi connectivity index (χ0v) is 16.0. The van der Waals surface area contributed by atoms with Crippen LogP contribution in [0.15, 0.2) is 0 Å². The zero-order chi connectivity index (χ0) is 20.6. The summed E-state index contributed by atoms with van der Waals surface area (Å²) in [6.07, 6.45) is -7.89. The molecule has 27 heavy (non-hydrogen) atoms. The van der Waals surface area contributed by atoms with Crippen LogP contribution in [0.25, 0.3) is 0 Å². The summed E-state index contributed by atoms with van der Waals surface area (Å²) < 4.78 is 15.4. The molecule has 0 bridgehead atoms. The Hall–Kier alpha value is -1.71. The van der Waals surface area contributed by atoms with Gasteiger partial charge in [-0.2, -0.15) is 0 Å². The van der Waals surface area contributed by atoms with E-state index in [1.165, 1.54) is 0 Å². The van der Waals surface area contributed by atoms with Crippen LogP contribution in [0.4, 0.5) is 0 Å². The van der Waals surface area contributed by atoms with Crippen molar-refractivity contribution < 1.29 is 43.9 Å². The van der Waals surface area contributed by atoms with Crippen LogP contribution < -0.4 is 0 Å². The van der Waals surface area contributed by atoms with Crippen molar-refractivity contribution in [3.05, 3.63) is 0 Å². The van der Waals surface area contributed by atoms with Crippen molar-refractivity contribution in [3.8, 4) is 0 Å². The maximum atomic E-state index is 11.9. The van der Waals surface area contributed by atoms with Gasteiger partial charge in [0.15, 0.2) is 18.3 Å². The fourth-order valence-corrected chi connectivity index (χ4v) is 2.82. The molecular weight excluding hydrogens is 360 g/mol. The second-order valence-electron chi connectivity index (χ2n) is 6.59. The highest BCUT2D eigenvalue weighted by molar-refractivity contribution is 5.71. The second-order valence-corrected chi connectivity index (χ2v) is 6.59. The number of hydrogen-bond acceptors (Lipinski definition) is 9. The van der Waals surface area contributed by atoms with Crippen LogP contribution in [0.3, 0.4) is 0 Å². The molecule has 0 radical (unpaired) electrons. The highest BCUT2D eigenvalue weighted by Gasteiger charge is 2.54. The van der Waals surface area contributed by atoms with E-state index < -0.39 is 54.5 Å². The first-order valence-corrected chi connectivity index (χ1v) is 9.39. The topological polar surface area (TPSA) is 140 Å². The smallest absolute Gasteiger partial charge is 0.306 e. The van der Waals surface area contributed by atoms with Crippen molar-refractivity contribution in [1.82, 2.24) is 0 Å². The summed E-state index contributed by atoms with van der Waals surface area (Å²) in [5.41, 5.74) is 0. The van der Waals surface area contributed by atoms with Crippen LogP contribution in [0.1, 0.15) is 59.3 Å². The van der Waals surface area contributed by atoms with E-state index in [-0.39, 0.29) is 19.3 Å². The third-order valence-corrected chi connectivity index (χ3v) is 4.19. The lowest BCUT2D eigenvalue weighted by Crippen LogP contribution is -2.66. The largest absolute Gasteiger partial charge is 0.457 e. The molecule has 0 saturated heterocycles. The number of carbonyl (C=O) groups is 3. The predicted molar refractivity (Wildman–Crippen MR) is 92.4 cm³/mol. The van der Waals surface area contributed by atoms with Gasteiger partial charge in [0.25, 0.3) is 0 Å². The van der Waals surface area contributed by atoms with Crippen LogP contribution in [0.2, 0.25) is 0 Å². The summed E-state index contributed by atoms with van der Waals surface area (Å²) in [5.74, 6) is -2.01. The van der Waals surface area contributed by atoms with Crippen LogP contribution in [-0.2, 0) is 28.6 Å². The Balaban J connectivity index is 3.05. The van der Waals surface area contributed by atoms with Crippen LogP contribution in [-0.4, -0.2) is 69.9 Å². The summed E-state index contributed by atoms with van der Waals surface area (Å²) in [6.45, 7) is 5.26. The minimum Gasteiger partial charge on any atom is -0.457 e. The molecule has 0 spiro atoms. The Morgan fingerprint density at radius 1 is 0.593 bits per heavy atom. The molecule has 0 heterocycles. The maximum absolute atomic E-state index is 11.9. The van der Waals surface area contributed by atoms with E-state index in [4.69, 9.17) is 14.2 Å². The predicted octanol–water partition coefficient (Wildman–Crippen LogP) is 0.218. The van der Waals surface area contributed by atoms with Crippen molar-refractivity contribution >= 4 is 17.9 Å². The molecule has 156 valence electrons. The fourth-order valence-electron chi connectivity index (χ4n) is 2.82. The summed E-state index contributed by atoms with van der Waals surface area (Å²) in [5, 5.41) is 31.2. The molecule has 1 saturated carbocycles. The van der Waals surface area contributed by atoms with Gasteiger partial charge in [0.1, 0.15) is 18.3 Å². The number of rotatable bonds is 9. The molecule has 9 heteroatoms. The Bertz CT molecular complexity index is 507. The van der Waals surface area contributed by atoms with E-state index in [1.807, 2.05) is 0 Å². The van der Waals surface area contributed by atoms with E-state index in [1.54, 1.807) is 20.8 Å². The standard InChI is InChI=1S/C18H30O9/c1-4-7-10(19)25-16-13(22)14(23)17(26-11(20)8-5-2)18(15(16)24)27-12(21)9-6-3/h13-18,22-24H,4-9H2,1-3H3/t13-,14-,15-,16+,17-,18+/m0/s1. The fraction of sp³-hybridized carbons (Fsp3) is 0.833. The van der Waals surface area contributed by atoms with Gasteiger partial charge in [0, 0.05) is 19.3 Å². The SMILES string of the molecule is CCCC(=O)O[C@@H]1[C@@H](O)[C@H](O)[C@H](OC(=O)CCC)[C@H](OC(=O)CCC)[C@H]1O. The van der Waals surface area contributed by atoms with Gasteiger partial charge in [0.05, 0.1) is 0 Å². The van der Waals surface area contributed by atoms with Crippen molar-refractivity contribution in [2.75, 3.05) is 0 Å². The average molecular weight is 390 g/mol. The summed E-state index contributed by atoms with van der Waals surface area (Å²) >= 11 is 0. The molecule has 6 atom stereocenters. The number of esters is 3. The molecule has 1 aliphatic carbocycles. The quantitative estimate of drug-likeness (QED) is 0.372. The van der Waals surface area contributed by atoms with Gasteiger partial charge in [-0.3, -0.25) is 14.4 Å². The Labute approximate surface area is 158 Å². The van der Waals surface area contributed by atoms with E-state index in [2.05, 4.69) is 0 Å². The first kappa shape index (κ1) is 23.3. The van der Waals surface area contributed by atoms with Crippen LogP contribution in [0.5, 0.6) is 0 Å². The molecule has 0 aromatic carbocycles. The number of aliphatic hydroxyl groups excluding tert-OH is 3. The monoisotopic (exact) mass is 390 g/mol. The van der Waals surface area contributed by atoms with E-state index in [0.717, 1.165) is 0 Å². The van der Waals surface area contributed by atoms with Crippen molar-refractivity contribution in [1.29, 1.82) is 0 Å². The van der Waals surface area contributed by atoms with Gasteiger partial charge in [-0.1, -0.05) is 20.8 Å². The first-order valence-electron chi connectivity index (χ1n) is 9.39. The minimum atomic E-state index is -1.71. The molecule has 0 aliphatic heterocycles. The van der Waals surface area contributed by atoms with E-state index in [9.17, 15) is 29.7 Å². The molecule has 1 fully saturated rings. The molecule has 0 aromatic rings. The lowest BCUT2D eigenvalue weighted by molar-refractivity contribution is -0.247. The average Bonchev–Trinajstić information content (AvgIpc) is 2.60. The Kier molecular flexibility index (Phi) is 9.68. The molecular formula is C18H30O9. The number of aliphatic hydroxyl groups is 3. The normalized spacial score (nSPS) is 30.4. The molecule has 0 unspecified atom stereocenters. The second kappa shape index (κ2) is 11.2. The summed E-state index contributed by atoms with van der Waals surface area (Å²) in [6, 6.07) is 0. The van der Waals surface area contributed by atoms with Crippen LogP contribution >= 0.6 is 0 Å². The summed E-state index contributed by atoms with van der Waals surface area (Å²) in [4.78, 5) is 35.5. The highest BCUT2D eigenvalue weighted by Crippen LogP contribution is 2.29. The van der Waals surface area contributed by atoms with E-state index in [0.29, 0.717) is 19.3 Å². The van der Waals surface area contributed by atoms with Gasteiger partial charge < -0.3 is 29.5 Å². The van der Waals surface area contributed by atoms with Gasteiger partial charge in [0.2, 0.25) is 0 Å². The summed E-state index contributed by atoms with van der Waals surface area (Å²) in [7, 11) is 0. The molecule has 0 amide bonds. The molecule has 9 nitrogen and oxygen atoms in total. The molecule has 0 aromatic heterocycles. The number of hydrogen-bond donors (Lipinski definition) is 3. The van der Waals surface area contributed by atoms with Gasteiger partial charge in [-0.15, -0.1) is 0 Å². The number of carbonyl (C=O) groups excluding carboxylic acids is 3. The Morgan fingerprint density at radius 3 is 1.26 bits per heavy atom. The van der Waals surface area contributed by atoms with Gasteiger partial charge in [-0.05, 0) is 19.3 Å². The van der Waals surface area contributed by atoms with Crippen molar-refractivity contribution in [3.63, 3.8) is 0 Å². The van der Waals surface area contributed by atoms with Gasteiger partial charge >= 0.3 is 17.9 Å². The lowest BCUT2D eigenvalue weighted by atomic mass is 9.84. The highest BCUT2D eigenvalue weighted by atomic mass is 16.6. The van der Waals surface area contributed by atoms with Crippen molar-refractivity contribution in [2.24, 2.45) is 0 Å². The molecule has 1 aliphatic rings. The molecule has 3 N–H and O–H groups in total. The van der Waals surface area contributed by atoms with E-state index >= 15 is 0 Å². The lowest BCUT2D eigenvalue weighted by Gasteiger charge is -2.44.